The second kappa shape index (κ2) is 4.97. The number of nitrogens with one attached hydrogen (secondary N) is 1. The highest BCUT2D eigenvalue weighted by Gasteiger charge is 2.19. The smallest absolute Gasteiger partial charge is 0.120 e. The topological polar surface area (TPSA) is 58.0 Å². The predicted molar refractivity (Wildman–Crippen MR) is 83.1 cm³/mol. The number of allylic oxidation sites excluding steroid dienone is 3. The standard InChI is InChI=1S/C17H17N3O/c21-17-4-2-1-3-14(17)16-8-12-7-11(13-9-18-10-13)5-6-15(12)19-20-16/h3-8,13,18,21H,1-2,9-10H2. The Morgan fingerprint density at radius 3 is 2.67 bits per heavy atom. The molecule has 4 nitrogen and oxygen atoms in total. The van der Waals surface area contributed by atoms with E-state index in [-0.39, 0.29) is 0 Å². The molecule has 1 aromatic heterocycles. The summed E-state index contributed by atoms with van der Waals surface area (Å²) in [7, 11) is 0. The van der Waals surface area contributed by atoms with Crippen molar-refractivity contribution in [3.8, 4) is 0 Å². The van der Waals surface area contributed by atoms with E-state index in [0.717, 1.165) is 48.1 Å². The van der Waals surface area contributed by atoms with Crippen molar-refractivity contribution >= 4 is 16.5 Å². The predicted octanol–water partition coefficient (Wildman–Crippen LogP) is 2.94. The third kappa shape index (κ3) is 2.21. The number of aromatic nitrogens is 2. The lowest BCUT2D eigenvalue weighted by Gasteiger charge is -2.27. The van der Waals surface area contributed by atoms with E-state index in [1.165, 1.54) is 5.56 Å². The van der Waals surface area contributed by atoms with Crippen LogP contribution >= 0.6 is 0 Å². The minimum atomic E-state index is 0.314. The van der Waals surface area contributed by atoms with Crippen LogP contribution in [0, 0.1) is 0 Å². The van der Waals surface area contributed by atoms with Crippen LogP contribution < -0.4 is 5.32 Å². The van der Waals surface area contributed by atoms with Gasteiger partial charge in [0.1, 0.15) is 5.76 Å². The number of aliphatic hydroxyl groups is 1. The maximum Gasteiger partial charge on any atom is 0.120 e. The molecule has 0 amide bonds. The Kier molecular flexibility index (Phi) is 2.97. The molecule has 2 N–H and O–H groups in total. The van der Waals surface area contributed by atoms with Gasteiger partial charge in [-0.2, -0.15) is 0 Å². The number of aliphatic hydroxyl groups excluding tert-OH is 1. The first-order valence-electron chi connectivity index (χ1n) is 7.39. The lowest BCUT2D eigenvalue weighted by molar-refractivity contribution is 0.432. The zero-order chi connectivity index (χ0) is 14.2. The summed E-state index contributed by atoms with van der Waals surface area (Å²) in [6.07, 6.45) is 5.70. The highest BCUT2D eigenvalue weighted by atomic mass is 16.3. The Morgan fingerprint density at radius 1 is 1.05 bits per heavy atom. The Hall–Kier alpha value is -2.20. The third-order valence-electron chi connectivity index (χ3n) is 4.27. The second-order valence-corrected chi connectivity index (χ2v) is 5.69. The Labute approximate surface area is 123 Å². The van der Waals surface area contributed by atoms with Crippen LogP contribution in [-0.2, 0) is 0 Å². The van der Waals surface area contributed by atoms with Crippen LogP contribution in [0.4, 0.5) is 0 Å². The third-order valence-corrected chi connectivity index (χ3v) is 4.27. The first-order valence-corrected chi connectivity index (χ1v) is 7.39. The van der Waals surface area contributed by atoms with Gasteiger partial charge in [0.15, 0.2) is 0 Å². The van der Waals surface area contributed by atoms with Crippen LogP contribution in [-0.4, -0.2) is 28.4 Å². The molecule has 4 heteroatoms. The van der Waals surface area contributed by atoms with Gasteiger partial charge in [0.2, 0.25) is 0 Å². The lowest BCUT2D eigenvalue weighted by Crippen LogP contribution is -2.39. The molecule has 1 aliphatic carbocycles. The summed E-state index contributed by atoms with van der Waals surface area (Å²) < 4.78 is 0. The van der Waals surface area contributed by atoms with Crippen LogP contribution in [0.3, 0.4) is 0 Å². The molecule has 0 radical (unpaired) electrons. The average molecular weight is 279 g/mol. The van der Waals surface area contributed by atoms with Gasteiger partial charge in [0.25, 0.3) is 0 Å². The molecular weight excluding hydrogens is 262 g/mol. The molecule has 1 aliphatic heterocycles. The Balaban J connectivity index is 1.77. The van der Waals surface area contributed by atoms with E-state index in [9.17, 15) is 5.11 Å². The first-order chi connectivity index (χ1) is 10.3. The highest BCUT2D eigenvalue weighted by Crippen LogP contribution is 2.28. The number of hydrogen-bond donors (Lipinski definition) is 2. The van der Waals surface area contributed by atoms with E-state index in [4.69, 9.17) is 0 Å². The number of rotatable bonds is 2. The summed E-state index contributed by atoms with van der Waals surface area (Å²) in [4.78, 5) is 0. The van der Waals surface area contributed by atoms with Crippen molar-refractivity contribution in [3.63, 3.8) is 0 Å². The molecule has 21 heavy (non-hydrogen) atoms. The van der Waals surface area contributed by atoms with Gasteiger partial charge in [-0.05, 0) is 42.7 Å². The average Bonchev–Trinajstić information content (AvgIpc) is 2.45. The van der Waals surface area contributed by atoms with Crippen molar-refractivity contribution < 1.29 is 5.11 Å². The van der Waals surface area contributed by atoms with E-state index >= 15 is 0 Å². The number of fused-ring (bicyclic) bond motifs is 1. The summed E-state index contributed by atoms with van der Waals surface area (Å²) in [6.45, 7) is 2.09. The van der Waals surface area contributed by atoms with Gasteiger partial charge in [0.05, 0.1) is 11.2 Å². The fourth-order valence-corrected chi connectivity index (χ4v) is 2.87. The summed E-state index contributed by atoms with van der Waals surface area (Å²) in [5, 5.41) is 22.9. The zero-order valence-electron chi connectivity index (χ0n) is 11.7. The molecule has 0 atom stereocenters. The number of nitrogens with zero attached hydrogens (tertiary/aromatic N) is 2. The summed E-state index contributed by atoms with van der Waals surface area (Å²) >= 11 is 0. The van der Waals surface area contributed by atoms with Gasteiger partial charge in [-0.15, -0.1) is 10.2 Å². The first kappa shape index (κ1) is 12.5. The highest BCUT2D eigenvalue weighted by molar-refractivity contribution is 5.84. The minimum Gasteiger partial charge on any atom is -0.508 e. The molecule has 106 valence electrons. The summed E-state index contributed by atoms with van der Waals surface area (Å²) in [6, 6.07) is 8.40. The van der Waals surface area contributed by atoms with Crippen LogP contribution in [0.25, 0.3) is 16.5 Å². The molecule has 0 saturated carbocycles. The summed E-state index contributed by atoms with van der Waals surface area (Å²) in [5.74, 6) is 0.919. The van der Waals surface area contributed by atoms with Crippen molar-refractivity contribution in [3.05, 3.63) is 53.4 Å². The fourth-order valence-electron chi connectivity index (χ4n) is 2.87. The molecule has 0 spiro atoms. The van der Waals surface area contributed by atoms with E-state index in [1.807, 2.05) is 24.3 Å². The van der Waals surface area contributed by atoms with E-state index in [2.05, 4.69) is 27.6 Å². The van der Waals surface area contributed by atoms with Gasteiger partial charge in [-0.3, -0.25) is 0 Å². The molecule has 2 aliphatic rings. The lowest BCUT2D eigenvalue weighted by atomic mass is 9.92. The fraction of sp³-hybridized carbons (Fsp3) is 0.294. The van der Waals surface area contributed by atoms with Crippen LogP contribution in [0.15, 0.2) is 42.2 Å². The minimum absolute atomic E-state index is 0.314. The molecule has 2 heterocycles. The van der Waals surface area contributed by atoms with Gasteiger partial charge in [0, 0.05) is 30.0 Å². The van der Waals surface area contributed by atoms with E-state index in [0.29, 0.717) is 11.7 Å². The Bertz CT molecular complexity index is 760. The SMILES string of the molecule is OC1=CCCC=C1c1cc2cc(C3CNC3)ccc2nn1. The normalized spacial score (nSPS) is 19.0. The maximum absolute atomic E-state index is 10.0. The van der Waals surface area contributed by atoms with Crippen molar-refractivity contribution in [2.24, 2.45) is 0 Å². The molecule has 4 rings (SSSR count). The van der Waals surface area contributed by atoms with E-state index in [1.54, 1.807) is 0 Å². The maximum atomic E-state index is 10.0. The van der Waals surface area contributed by atoms with Crippen molar-refractivity contribution in [1.82, 2.24) is 15.5 Å². The monoisotopic (exact) mass is 279 g/mol. The quantitative estimate of drug-likeness (QED) is 0.887. The molecule has 0 unspecified atom stereocenters. The Morgan fingerprint density at radius 2 is 1.90 bits per heavy atom. The van der Waals surface area contributed by atoms with Crippen LogP contribution in [0.5, 0.6) is 0 Å². The second-order valence-electron chi connectivity index (χ2n) is 5.69. The van der Waals surface area contributed by atoms with Gasteiger partial charge >= 0.3 is 0 Å². The molecule has 1 fully saturated rings. The van der Waals surface area contributed by atoms with Crippen LogP contribution in [0.1, 0.15) is 30.0 Å². The molecule has 1 aromatic carbocycles. The van der Waals surface area contributed by atoms with Gasteiger partial charge in [-0.1, -0.05) is 12.1 Å². The number of hydrogen-bond acceptors (Lipinski definition) is 4. The van der Waals surface area contributed by atoms with Crippen molar-refractivity contribution in [2.45, 2.75) is 18.8 Å². The zero-order valence-corrected chi connectivity index (χ0v) is 11.7. The number of benzene rings is 1. The van der Waals surface area contributed by atoms with Crippen LogP contribution in [0.2, 0.25) is 0 Å². The molecule has 0 bridgehead atoms. The summed E-state index contributed by atoms with van der Waals surface area (Å²) in [5.41, 5.74) is 3.79. The molecular formula is C17H17N3O. The van der Waals surface area contributed by atoms with Gasteiger partial charge < -0.3 is 10.4 Å². The van der Waals surface area contributed by atoms with Crippen molar-refractivity contribution in [2.75, 3.05) is 13.1 Å². The van der Waals surface area contributed by atoms with Gasteiger partial charge in [-0.25, -0.2) is 0 Å². The van der Waals surface area contributed by atoms with Crippen molar-refractivity contribution in [1.29, 1.82) is 0 Å². The molecule has 2 aromatic rings. The largest absolute Gasteiger partial charge is 0.508 e. The van der Waals surface area contributed by atoms with E-state index < -0.39 is 0 Å². The molecule has 1 saturated heterocycles.